The quantitative estimate of drug-likeness (QED) is 0.239. The first kappa shape index (κ1) is 25.5. The van der Waals surface area contributed by atoms with Crippen LogP contribution < -0.4 is 14.2 Å². The van der Waals surface area contributed by atoms with Gasteiger partial charge in [-0.2, -0.15) is 0 Å². The van der Waals surface area contributed by atoms with E-state index in [-0.39, 0.29) is 23.3 Å². The normalized spacial score (nSPS) is 24.7. The lowest BCUT2D eigenvalue weighted by Crippen LogP contribution is -2.48. The van der Waals surface area contributed by atoms with E-state index >= 15 is 0 Å². The Morgan fingerprint density at radius 2 is 1.44 bits per heavy atom. The number of benzene rings is 3. The molecule has 0 atom stereocenters. The predicted octanol–water partition coefficient (Wildman–Crippen LogP) is 6.75. The minimum Gasteiger partial charge on any atom is -0.496 e. The molecule has 39 heavy (non-hydrogen) atoms. The highest BCUT2D eigenvalue weighted by Gasteiger charge is 2.52. The van der Waals surface area contributed by atoms with Crippen molar-refractivity contribution in [3.8, 4) is 17.2 Å². The molecule has 0 unspecified atom stereocenters. The molecule has 3 aromatic rings. The third kappa shape index (κ3) is 5.00. The van der Waals surface area contributed by atoms with Crippen molar-refractivity contribution in [2.45, 2.75) is 50.5 Å². The van der Waals surface area contributed by atoms with Gasteiger partial charge in [0, 0.05) is 11.6 Å². The summed E-state index contributed by atoms with van der Waals surface area (Å²) in [5, 5.41) is 0. The van der Waals surface area contributed by atoms with Crippen molar-refractivity contribution in [3.63, 3.8) is 0 Å². The first-order valence-corrected chi connectivity index (χ1v) is 13.8. The molecule has 7 rings (SSSR count). The van der Waals surface area contributed by atoms with Crippen LogP contribution in [0.15, 0.2) is 66.7 Å². The fraction of sp³-hybridized carbons (Fsp3) is 0.394. The molecule has 0 heterocycles. The fourth-order valence-electron chi connectivity index (χ4n) is 7.56. The third-order valence-electron chi connectivity index (χ3n) is 8.86. The molecule has 0 radical (unpaired) electrons. The van der Waals surface area contributed by atoms with Crippen molar-refractivity contribution in [1.82, 2.24) is 0 Å². The SMILES string of the molecule is COc1cc(OC(=O)c2ccc(OC)c(C34CC5CC(CC(C5)C3)C4)c2)ccc1C(=O)OCc1ccccc1. The second-order valence-corrected chi connectivity index (χ2v) is 11.4. The smallest absolute Gasteiger partial charge is 0.343 e. The van der Waals surface area contributed by atoms with E-state index in [1.54, 1.807) is 31.4 Å². The summed E-state index contributed by atoms with van der Waals surface area (Å²) in [6.07, 6.45) is 7.56. The lowest BCUT2D eigenvalue weighted by Gasteiger charge is -2.57. The molecule has 0 aromatic heterocycles. The maximum Gasteiger partial charge on any atom is 0.343 e. The number of hydrogen-bond acceptors (Lipinski definition) is 6. The van der Waals surface area contributed by atoms with Crippen LogP contribution in [-0.4, -0.2) is 26.2 Å². The number of carbonyl (C=O) groups is 2. The molecule has 0 amide bonds. The minimum absolute atomic E-state index is 0.0847. The molecule has 202 valence electrons. The van der Waals surface area contributed by atoms with Gasteiger partial charge in [-0.05, 0) is 97.6 Å². The zero-order valence-corrected chi connectivity index (χ0v) is 22.5. The Bertz CT molecular complexity index is 1340. The van der Waals surface area contributed by atoms with E-state index in [0.29, 0.717) is 11.3 Å². The van der Waals surface area contributed by atoms with Gasteiger partial charge in [0.1, 0.15) is 29.4 Å². The third-order valence-corrected chi connectivity index (χ3v) is 8.86. The van der Waals surface area contributed by atoms with Gasteiger partial charge in [-0.25, -0.2) is 9.59 Å². The van der Waals surface area contributed by atoms with Crippen molar-refractivity contribution in [3.05, 3.63) is 89.0 Å². The largest absolute Gasteiger partial charge is 0.496 e. The van der Waals surface area contributed by atoms with Crippen molar-refractivity contribution in [2.75, 3.05) is 14.2 Å². The summed E-state index contributed by atoms with van der Waals surface area (Å²) in [6, 6.07) is 19.8. The van der Waals surface area contributed by atoms with E-state index in [0.717, 1.165) is 34.6 Å². The Kier molecular flexibility index (Phi) is 6.79. The number of methoxy groups -OCH3 is 2. The molecule has 4 fully saturated rings. The molecule has 4 bridgehead atoms. The Hall–Kier alpha value is -3.80. The van der Waals surface area contributed by atoms with E-state index in [2.05, 4.69) is 0 Å². The molecule has 0 saturated heterocycles. The maximum atomic E-state index is 13.3. The van der Waals surface area contributed by atoms with Crippen molar-refractivity contribution >= 4 is 11.9 Å². The number of hydrogen-bond donors (Lipinski definition) is 0. The van der Waals surface area contributed by atoms with Gasteiger partial charge in [0.05, 0.1) is 19.8 Å². The second-order valence-electron chi connectivity index (χ2n) is 11.4. The summed E-state index contributed by atoms with van der Waals surface area (Å²) in [5.41, 5.74) is 2.88. The van der Waals surface area contributed by atoms with Gasteiger partial charge in [-0.1, -0.05) is 30.3 Å². The van der Waals surface area contributed by atoms with Gasteiger partial charge in [-0.3, -0.25) is 0 Å². The molecule has 3 aromatic carbocycles. The molecule has 0 spiro atoms. The molecule has 6 nitrogen and oxygen atoms in total. The van der Waals surface area contributed by atoms with Crippen LogP contribution in [0.25, 0.3) is 0 Å². The predicted molar refractivity (Wildman–Crippen MR) is 146 cm³/mol. The number of rotatable bonds is 8. The van der Waals surface area contributed by atoms with Gasteiger partial charge in [0.25, 0.3) is 0 Å². The Morgan fingerprint density at radius 3 is 2.08 bits per heavy atom. The Balaban J connectivity index is 1.19. The Labute approximate surface area is 229 Å². The number of carbonyl (C=O) groups excluding carboxylic acids is 2. The highest BCUT2D eigenvalue weighted by atomic mass is 16.5. The molecule has 4 aliphatic carbocycles. The fourth-order valence-corrected chi connectivity index (χ4v) is 7.56. The summed E-state index contributed by atoms with van der Waals surface area (Å²) in [7, 11) is 3.17. The van der Waals surface area contributed by atoms with Crippen LogP contribution in [0.1, 0.15) is 70.4 Å². The molecular formula is C33H34O6. The van der Waals surface area contributed by atoms with Gasteiger partial charge in [0.2, 0.25) is 0 Å². The highest BCUT2D eigenvalue weighted by Crippen LogP contribution is 2.62. The van der Waals surface area contributed by atoms with E-state index in [9.17, 15) is 9.59 Å². The molecule has 0 N–H and O–H groups in total. The second kappa shape index (κ2) is 10.4. The zero-order chi connectivity index (χ0) is 27.0. The average Bonchev–Trinajstić information content (AvgIpc) is 2.95. The van der Waals surface area contributed by atoms with E-state index < -0.39 is 11.9 Å². The average molecular weight is 527 g/mol. The van der Waals surface area contributed by atoms with Crippen LogP contribution in [-0.2, 0) is 16.8 Å². The summed E-state index contributed by atoms with van der Waals surface area (Å²) in [5.74, 6) is 2.80. The van der Waals surface area contributed by atoms with Gasteiger partial charge in [0.15, 0.2) is 0 Å². The number of ether oxygens (including phenoxy) is 4. The topological polar surface area (TPSA) is 71.1 Å². The van der Waals surface area contributed by atoms with Crippen LogP contribution in [0.2, 0.25) is 0 Å². The van der Waals surface area contributed by atoms with Crippen LogP contribution in [0.4, 0.5) is 0 Å². The zero-order valence-electron chi connectivity index (χ0n) is 22.5. The molecular weight excluding hydrogens is 492 g/mol. The van der Waals surface area contributed by atoms with Crippen LogP contribution in [0.5, 0.6) is 17.2 Å². The van der Waals surface area contributed by atoms with E-state index in [1.807, 2.05) is 42.5 Å². The van der Waals surface area contributed by atoms with E-state index in [4.69, 9.17) is 18.9 Å². The monoisotopic (exact) mass is 526 g/mol. The lowest BCUT2D eigenvalue weighted by atomic mass is 9.48. The van der Waals surface area contributed by atoms with Crippen molar-refractivity contribution < 1.29 is 28.5 Å². The van der Waals surface area contributed by atoms with Gasteiger partial charge in [-0.15, -0.1) is 0 Å². The van der Waals surface area contributed by atoms with Gasteiger partial charge < -0.3 is 18.9 Å². The summed E-state index contributed by atoms with van der Waals surface area (Å²) < 4.78 is 22.4. The summed E-state index contributed by atoms with van der Waals surface area (Å²) in [6.45, 7) is 0.156. The summed E-state index contributed by atoms with van der Waals surface area (Å²) >= 11 is 0. The maximum absolute atomic E-state index is 13.3. The standard InChI is InChI=1S/C33H34O6/c1-36-29-11-8-25(15-28(29)33-17-22-12-23(18-33)14-24(13-22)19-33)31(34)39-26-9-10-27(30(16-26)37-2)32(35)38-20-21-6-4-3-5-7-21/h3-11,15-16,22-24H,12-14,17-20H2,1-2H3. The van der Waals surface area contributed by atoms with Gasteiger partial charge >= 0.3 is 11.9 Å². The lowest BCUT2D eigenvalue weighted by molar-refractivity contribution is -0.00618. The van der Waals surface area contributed by atoms with Crippen LogP contribution in [0, 0.1) is 17.8 Å². The van der Waals surface area contributed by atoms with Crippen molar-refractivity contribution in [1.29, 1.82) is 0 Å². The first-order valence-electron chi connectivity index (χ1n) is 13.8. The highest BCUT2D eigenvalue weighted by molar-refractivity contribution is 5.94. The first-order chi connectivity index (χ1) is 19.0. The van der Waals surface area contributed by atoms with Crippen LogP contribution in [0.3, 0.4) is 0 Å². The molecule has 6 heteroatoms. The molecule has 0 aliphatic heterocycles. The summed E-state index contributed by atoms with van der Waals surface area (Å²) in [4.78, 5) is 26.0. The van der Waals surface area contributed by atoms with Crippen molar-refractivity contribution in [2.24, 2.45) is 17.8 Å². The van der Waals surface area contributed by atoms with E-state index in [1.165, 1.54) is 45.6 Å². The number of esters is 2. The Morgan fingerprint density at radius 1 is 0.769 bits per heavy atom. The molecule has 4 saturated carbocycles. The molecule has 4 aliphatic rings. The minimum atomic E-state index is -0.510. The van der Waals surface area contributed by atoms with Crippen LogP contribution >= 0.6 is 0 Å².